The van der Waals surface area contributed by atoms with Crippen LogP contribution in [0.2, 0.25) is 0 Å². The van der Waals surface area contributed by atoms with E-state index >= 15 is 0 Å². The standard InChI is InChI=1S/C13H15BrFN3/c1-13(2,3)18-12(11(16)7-17-18)9-5-4-8(15)6-10(9)14/h4-7H,16H2,1-3H3. The summed E-state index contributed by atoms with van der Waals surface area (Å²) in [5.41, 5.74) is 8.00. The first-order valence-electron chi connectivity index (χ1n) is 5.60. The van der Waals surface area contributed by atoms with E-state index in [1.54, 1.807) is 12.3 Å². The maximum atomic E-state index is 13.1. The molecule has 0 aliphatic heterocycles. The lowest BCUT2D eigenvalue weighted by molar-refractivity contribution is 0.360. The van der Waals surface area contributed by atoms with Crippen LogP contribution in [0, 0.1) is 5.82 Å². The third-order valence-corrected chi connectivity index (χ3v) is 3.28. The van der Waals surface area contributed by atoms with E-state index in [-0.39, 0.29) is 11.4 Å². The molecule has 0 aliphatic carbocycles. The Morgan fingerprint density at radius 3 is 2.56 bits per heavy atom. The van der Waals surface area contributed by atoms with Gasteiger partial charge in [0.05, 0.1) is 23.1 Å². The number of anilines is 1. The van der Waals surface area contributed by atoms with Gasteiger partial charge in [-0.2, -0.15) is 5.10 Å². The van der Waals surface area contributed by atoms with Crippen molar-refractivity contribution in [3.8, 4) is 11.3 Å². The summed E-state index contributed by atoms with van der Waals surface area (Å²) in [5.74, 6) is -0.286. The molecule has 18 heavy (non-hydrogen) atoms. The minimum absolute atomic E-state index is 0.194. The molecule has 3 nitrogen and oxygen atoms in total. The molecule has 0 amide bonds. The number of nitrogens with two attached hydrogens (primary N) is 1. The van der Waals surface area contributed by atoms with E-state index in [0.29, 0.717) is 10.2 Å². The molecule has 0 fully saturated rings. The van der Waals surface area contributed by atoms with Crippen molar-refractivity contribution >= 4 is 21.6 Å². The van der Waals surface area contributed by atoms with Gasteiger partial charge in [0.1, 0.15) is 5.82 Å². The lowest BCUT2D eigenvalue weighted by Crippen LogP contribution is -2.24. The highest BCUT2D eigenvalue weighted by atomic mass is 79.9. The third kappa shape index (κ3) is 2.27. The van der Waals surface area contributed by atoms with Gasteiger partial charge in [0, 0.05) is 10.0 Å². The zero-order chi connectivity index (χ0) is 13.5. The minimum Gasteiger partial charge on any atom is -0.396 e. The number of benzene rings is 1. The number of aromatic nitrogens is 2. The Bertz CT molecular complexity index is 584. The molecule has 1 heterocycles. The van der Waals surface area contributed by atoms with Crippen molar-refractivity contribution in [3.05, 3.63) is 34.7 Å². The van der Waals surface area contributed by atoms with Gasteiger partial charge in [-0.25, -0.2) is 4.39 Å². The van der Waals surface area contributed by atoms with Crippen molar-refractivity contribution in [1.29, 1.82) is 0 Å². The summed E-state index contributed by atoms with van der Waals surface area (Å²) in [6, 6.07) is 4.54. The summed E-state index contributed by atoms with van der Waals surface area (Å²) >= 11 is 3.37. The molecule has 96 valence electrons. The van der Waals surface area contributed by atoms with E-state index in [9.17, 15) is 4.39 Å². The molecule has 2 aromatic rings. The minimum atomic E-state index is -0.286. The highest BCUT2D eigenvalue weighted by molar-refractivity contribution is 9.10. The van der Waals surface area contributed by atoms with Crippen molar-refractivity contribution in [3.63, 3.8) is 0 Å². The van der Waals surface area contributed by atoms with E-state index in [2.05, 4.69) is 21.0 Å². The van der Waals surface area contributed by atoms with Crippen LogP contribution >= 0.6 is 15.9 Å². The summed E-state index contributed by atoms with van der Waals surface area (Å²) < 4.78 is 15.7. The number of hydrogen-bond acceptors (Lipinski definition) is 2. The number of hydrogen-bond donors (Lipinski definition) is 1. The first kappa shape index (κ1) is 13.1. The van der Waals surface area contributed by atoms with E-state index < -0.39 is 0 Å². The number of rotatable bonds is 1. The summed E-state index contributed by atoms with van der Waals surface area (Å²) in [7, 11) is 0. The van der Waals surface area contributed by atoms with Gasteiger partial charge in [-0.15, -0.1) is 0 Å². The number of halogens is 2. The normalized spacial score (nSPS) is 11.8. The molecule has 5 heteroatoms. The second-order valence-corrected chi connectivity index (χ2v) is 6.01. The third-order valence-electron chi connectivity index (χ3n) is 2.62. The van der Waals surface area contributed by atoms with Crippen LogP contribution in [0.5, 0.6) is 0 Å². The quantitative estimate of drug-likeness (QED) is 0.870. The molecule has 0 atom stereocenters. The SMILES string of the molecule is CC(C)(C)n1ncc(N)c1-c1ccc(F)cc1Br. The van der Waals surface area contributed by atoms with Gasteiger partial charge in [0.25, 0.3) is 0 Å². The van der Waals surface area contributed by atoms with E-state index in [0.717, 1.165) is 11.3 Å². The fourth-order valence-electron chi connectivity index (χ4n) is 1.82. The van der Waals surface area contributed by atoms with Gasteiger partial charge in [0.2, 0.25) is 0 Å². The van der Waals surface area contributed by atoms with Crippen molar-refractivity contribution in [2.45, 2.75) is 26.3 Å². The Kier molecular flexibility index (Phi) is 3.19. The molecular weight excluding hydrogens is 297 g/mol. The first-order chi connectivity index (χ1) is 8.30. The maximum Gasteiger partial charge on any atom is 0.124 e. The lowest BCUT2D eigenvalue weighted by Gasteiger charge is -2.23. The predicted octanol–water partition coefficient (Wildman–Crippen LogP) is 3.79. The van der Waals surface area contributed by atoms with Crippen LogP contribution < -0.4 is 5.73 Å². The monoisotopic (exact) mass is 311 g/mol. The Morgan fingerprint density at radius 1 is 1.33 bits per heavy atom. The average molecular weight is 312 g/mol. The zero-order valence-electron chi connectivity index (χ0n) is 10.5. The molecule has 0 saturated heterocycles. The molecule has 0 radical (unpaired) electrons. The van der Waals surface area contributed by atoms with Crippen LogP contribution in [0.1, 0.15) is 20.8 Å². The van der Waals surface area contributed by atoms with Gasteiger partial charge in [0.15, 0.2) is 0 Å². The van der Waals surface area contributed by atoms with Crippen molar-refractivity contribution in [2.75, 3.05) is 5.73 Å². The number of nitrogen functional groups attached to an aromatic ring is 1. The van der Waals surface area contributed by atoms with Gasteiger partial charge in [-0.1, -0.05) is 0 Å². The molecule has 0 bridgehead atoms. The van der Waals surface area contributed by atoms with Crippen LogP contribution in [0.25, 0.3) is 11.3 Å². The number of nitrogens with zero attached hydrogens (tertiary/aromatic N) is 2. The van der Waals surface area contributed by atoms with Gasteiger partial charge >= 0.3 is 0 Å². The van der Waals surface area contributed by atoms with Crippen molar-refractivity contribution in [1.82, 2.24) is 9.78 Å². The van der Waals surface area contributed by atoms with E-state index in [1.165, 1.54) is 12.1 Å². The first-order valence-corrected chi connectivity index (χ1v) is 6.39. The maximum absolute atomic E-state index is 13.1. The van der Waals surface area contributed by atoms with E-state index in [4.69, 9.17) is 5.73 Å². The van der Waals surface area contributed by atoms with Gasteiger partial charge < -0.3 is 5.73 Å². The Balaban J connectivity index is 2.67. The zero-order valence-corrected chi connectivity index (χ0v) is 12.1. The highest BCUT2D eigenvalue weighted by Crippen LogP contribution is 2.35. The fourth-order valence-corrected chi connectivity index (χ4v) is 2.36. The van der Waals surface area contributed by atoms with Crippen LogP contribution in [-0.2, 0) is 5.54 Å². The lowest BCUT2D eigenvalue weighted by atomic mass is 10.1. The Morgan fingerprint density at radius 2 is 2.00 bits per heavy atom. The van der Waals surface area contributed by atoms with Gasteiger partial charge in [-0.3, -0.25) is 4.68 Å². The largest absolute Gasteiger partial charge is 0.396 e. The summed E-state index contributed by atoms with van der Waals surface area (Å²) in [5, 5.41) is 4.30. The molecule has 0 unspecified atom stereocenters. The average Bonchev–Trinajstić information content (AvgIpc) is 2.60. The Hall–Kier alpha value is -1.36. The summed E-state index contributed by atoms with van der Waals surface area (Å²) in [6.07, 6.45) is 1.62. The fraction of sp³-hybridized carbons (Fsp3) is 0.308. The van der Waals surface area contributed by atoms with Crippen LogP contribution in [0.4, 0.5) is 10.1 Å². The van der Waals surface area contributed by atoms with Crippen molar-refractivity contribution in [2.24, 2.45) is 0 Å². The van der Waals surface area contributed by atoms with Gasteiger partial charge in [-0.05, 0) is 54.9 Å². The molecule has 1 aromatic carbocycles. The topological polar surface area (TPSA) is 43.8 Å². The van der Waals surface area contributed by atoms with Crippen LogP contribution in [0.15, 0.2) is 28.9 Å². The molecule has 2 N–H and O–H groups in total. The van der Waals surface area contributed by atoms with E-state index in [1.807, 2.05) is 25.5 Å². The molecule has 0 aliphatic rings. The molecule has 2 rings (SSSR count). The van der Waals surface area contributed by atoms with Crippen molar-refractivity contribution < 1.29 is 4.39 Å². The second kappa shape index (κ2) is 4.39. The molecular formula is C13H15BrFN3. The molecule has 0 saturated carbocycles. The smallest absolute Gasteiger partial charge is 0.124 e. The predicted molar refractivity (Wildman–Crippen MR) is 74.7 cm³/mol. The Labute approximate surface area is 114 Å². The molecule has 0 spiro atoms. The second-order valence-electron chi connectivity index (χ2n) is 5.16. The highest BCUT2D eigenvalue weighted by Gasteiger charge is 2.22. The van der Waals surface area contributed by atoms with Crippen LogP contribution in [0.3, 0.4) is 0 Å². The summed E-state index contributed by atoms with van der Waals surface area (Å²) in [6.45, 7) is 6.13. The van der Waals surface area contributed by atoms with Crippen LogP contribution in [-0.4, -0.2) is 9.78 Å². The summed E-state index contributed by atoms with van der Waals surface area (Å²) in [4.78, 5) is 0. The molecule has 1 aromatic heterocycles.